The van der Waals surface area contributed by atoms with Gasteiger partial charge in [-0.1, -0.05) is 41.6 Å². The maximum Gasteiger partial charge on any atom is 0.277 e. The van der Waals surface area contributed by atoms with E-state index in [2.05, 4.69) is 15.5 Å². The summed E-state index contributed by atoms with van der Waals surface area (Å²) in [5.41, 5.74) is 3.77. The molecule has 146 valence electrons. The van der Waals surface area contributed by atoms with Crippen LogP contribution in [0.5, 0.6) is 5.75 Å². The van der Waals surface area contributed by atoms with Gasteiger partial charge in [-0.05, 0) is 55.7 Å². The summed E-state index contributed by atoms with van der Waals surface area (Å²) in [5.74, 6) is 1.10. The molecule has 0 unspecified atom stereocenters. The molecule has 6 nitrogen and oxygen atoms in total. The first-order valence-corrected chi connectivity index (χ1v) is 9.98. The summed E-state index contributed by atoms with van der Waals surface area (Å²) < 4.78 is 11.3. The van der Waals surface area contributed by atoms with Crippen LogP contribution in [0, 0.1) is 20.8 Å². The summed E-state index contributed by atoms with van der Waals surface area (Å²) in [6.45, 7) is 6.05. The number of aromatic nitrogens is 2. The SMILES string of the molecule is Cc1ccc(C)c(OCc2nnc(SCC(=O)Nc3cc(Cl)ccc3C)o2)c1. The largest absolute Gasteiger partial charge is 0.484 e. The zero-order valence-corrected chi connectivity index (χ0v) is 17.4. The van der Waals surface area contributed by atoms with Crippen molar-refractivity contribution in [2.45, 2.75) is 32.6 Å². The van der Waals surface area contributed by atoms with Gasteiger partial charge in [-0.25, -0.2) is 0 Å². The van der Waals surface area contributed by atoms with Crippen molar-refractivity contribution in [3.63, 3.8) is 0 Å². The summed E-state index contributed by atoms with van der Waals surface area (Å²) in [6.07, 6.45) is 0. The number of hydrogen-bond acceptors (Lipinski definition) is 6. The van der Waals surface area contributed by atoms with Crippen LogP contribution in [0.15, 0.2) is 46.0 Å². The minimum Gasteiger partial charge on any atom is -0.484 e. The van der Waals surface area contributed by atoms with Crippen molar-refractivity contribution in [2.24, 2.45) is 0 Å². The van der Waals surface area contributed by atoms with Crippen molar-refractivity contribution in [1.29, 1.82) is 0 Å². The number of amides is 1. The van der Waals surface area contributed by atoms with Gasteiger partial charge in [0.05, 0.1) is 5.75 Å². The number of ether oxygens (including phenoxy) is 1. The first-order chi connectivity index (χ1) is 13.4. The molecule has 1 amide bonds. The van der Waals surface area contributed by atoms with Gasteiger partial charge in [0.1, 0.15) is 5.75 Å². The number of rotatable bonds is 7. The van der Waals surface area contributed by atoms with Gasteiger partial charge in [0.2, 0.25) is 5.91 Å². The predicted octanol–water partition coefficient (Wildman–Crippen LogP) is 4.96. The average molecular weight is 418 g/mol. The second-order valence-electron chi connectivity index (χ2n) is 6.32. The smallest absolute Gasteiger partial charge is 0.277 e. The number of aryl methyl sites for hydroxylation is 3. The number of benzene rings is 2. The van der Waals surface area contributed by atoms with Gasteiger partial charge in [-0.2, -0.15) is 0 Å². The number of nitrogens with one attached hydrogen (secondary N) is 1. The lowest BCUT2D eigenvalue weighted by atomic mass is 10.1. The van der Waals surface area contributed by atoms with E-state index in [0.29, 0.717) is 21.8 Å². The van der Waals surface area contributed by atoms with Gasteiger partial charge >= 0.3 is 0 Å². The third-order valence-electron chi connectivity index (χ3n) is 3.94. The number of hydrogen-bond donors (Lipinski definition) is 1. The van der Waals surface area contributed by atoms with E-state index in [0.717, 1.165) is 22.4 Å². The Hall–Kier alpha value is -2.51. The molecule has 0 radical (unpaired) electrons. The molecule has 2 aromatic carbocycles. The first kappa shape index (κ1) is 20.2. The molecule has 0 spiro atoms. The Bertz CT molecular complexity index is 991. The number of nitrogens with zero attached hydrogens (tertiary/aromatic N) is 2. The molecule has 0 bridgehead atoms. The Balaban J connectivity index is 1.51. The minimum atomic E-state index is -0.179. The third kappa shape index (κ3) is 5.50. The van der Waals surface area contributed by atoms with Crippen LogP contribution < -0.4 is 10.1 Å². The topological polar surface area (TPSA) is 77.2 Å². The lowest BCUT2D eigenvalue weighted by Crippen LogP contribution is -2.14. The maximum absolute atomic E-state index is 12.1. The molecule has 28 heavy (non-hydrogen) atoms. The van der Waals surface area contributed by atoms with E-state index in [1.54, 1.807) is 12.1 Å². The van der Waals surface area contributed by atoms with Gasteiger partial charge < -0.3 is 14.5 Å². The van der Waals surface area contributed by atoms with E-state index in [4.69, 9.17) is 20.8 Å². The Labute approximate surface area is 172 Å². The fourth-order valence-electron chi connectivity index (χ4n) is 2.40. The summed E-state index contributed by atoms with van der Waals surface area (Å²) in [7, 11) is 0. The van der Waals surface area contributed by atoms with Crippen molar-refractivity contribution in [3.8, 4) is 5.75 Å². The predicted molar refractivity (Wildman–Crippen MR) is 110 cm³/mol. The van der Waals surface area contributed by atoms with Crippen LogP contribution in [0.25, 0.3) is 0 Å². The monoisotopic (exact) mass is 417 g/mol. The van der Waals surface area contributed by atoms with Crippen LogP contribution in [0.3, 0.4) is 0 Å². The van der Waals surface area contributed by atoms with Crippen LogP contribution >= 0.6 is 23.4 Å². The number of anilines is 1. The second-order valence-corrected chi connectivity index (χ2v) is 7.68. The highest BCUT2D eigenvalue weighted by molar-refractivity contribution is 7.99. The fraction of sp³-hybridized carbons (Fsp3) is 0.250. The Morgan fingerprint density at radius 2 is 1.93 bits per heavy atom. The normalized spacial score (nSPS) is 10.7. The van der Waals surface area contributed by atoms with Crippen molar-refractivity contribution >= 4 is 35.0 Å². The Morgan fingerprint density at radius 1 is 1.14 bits per heavy atom. The zero-order chi connectivity index (χ0) is 20.1. The molecule has 0 fully saturated rings. The highest BCUT2D eigenvalue weighted by Crippen LogP contribution is 2.23. The van der Waals surface area contributed by atoms with Gasteiger partial charge in [0.15, 0.2) is 6.61 Å². The van der Waals surface area contributed by atoms with Crippen LogP contribution in [0.4, 0.5) is 5.69 Å². The lowest BCUT2D eigenvalue weighted by Gasteiger charge is -2.08. The second kappa shape index (κ2) is 9.12. The van der Waals surface area contributed by atoms with E-state index < -0.39 is 0 Å². The molecule has 0 aliphatic carbocycles. The van der Waals surface area contributed by atoms with Crippen molar-refractivity contribution in [2.75, 3.05) is 11.1 Å². The van der Waals surface area contributed by atoms with Crippen LogP contribution in [0.1, 0.15) is 22.6 Å². The molecule has 1 heterocycles. The van der Waals surface area contributed by atoms with E-state index >= 15 is 0 Å². The summed E-state index contributed by atoms with van der Waals surface area (Å²) in [6, 6.07) is 11.3. The Kier molecular flexibility index (Phi) is 6.59. The highest BCUT2D eigenvalue weighted by Gasteiger charge is 2.12. The quantitative estimate of drug-likeness (QED) is 0.547. The van der Waals surface area contributed by atoms with Gasteiger partial charge in [0, 0.05) is 10.7 Å². The van der Waals surface area contributed by atoms with E-state index in [-0.39, 0.29) is 18.3 Å². The molecule has 0 saturated carbocycles. The third-order valence-corrected chi connectivity index (χ3v) is 5.00. The van der Waals surface area contributed by atoms with Gasteiger partial charge in [0.25, 0.3) is 11.1 Å². The molecule has 0 aliphatic rings. The molecule has 3 rings (SSSR count). The summed E-state index contributed by atoms with van der Waals surface area (Å²) >= 11 is 7.13. The van der Waals surface area contributed by atoms with Crippen molar-refractivity contribution in [1.82, 2.24) is 10.2 Å². The molecule has 1 aromatic heterocycles. The number of carbonyl (C=O) groups excluding carboxylic acids is 1. The molecule has 1 N–H and O–H groups in total. The summed E-state index contributed by atoms with van der Waals surface area (Å²) in [4.78, 5) is 12.1. The highest BCUT2D eigenvalue weighted by atomic mass is 35.5. The maximum atomic E-state index is 12.1. The standard InChI is InChI=1S/C20H20ClN3O3S/c1-12-4-5-14(3)17(8-12)26-10-19-23-24-20(27-19)28-11-18(25)22-16-9-15(21)7-6-13(16)2/h4-9H,10-11H2,1-3H3,(H,22,25). The van der Waals surface area contributed by atoms with Gasteiger partial charge in [-0.3, -0.25) is 4.79 Å². The van der Waals surface area contributed by atoms with E-state index in [1.807, 2.05) is 45.0 Å². The molecule has 8 heteroatoms. The number of halogens is 1. The molecule has 3 aromatic rings. The Morgan fingerprint density at radius 3 is 2.75 bits per heavy atom. The average Bonchev–Trinajstić information content (AvgIpc) is 3.12. The first-order valence-electron chi connectivity index (χ1n) is 8.62. The van der Waals surface area contributed by atoms with Crippen LogP contribution in [-0.4, -0.2) is 21.9 Å². The molecule has 0 atom stereocenters. The molecule has 0 aliphatic heterocycles. The van der Waals surface area contributed by atoms with Crippen molar-refractivity contribution in [3.05, 3.63) is 64.0 Å². The van der Waals surface area contributed by atoms with E-state index in [1.165, 1.54) is 11.8 Å². The zero-order valence-electron chi connectivity index (χ0n) is 15.8. The van der Waals surface area contributed by atoms with Crippen molar-refractivity contribution < 1.29 is 13.9 Å². The van der Waals surface area contributed by atoms with Gasteiger partial charge in [-0.15, -0.1) is 10.2 Å². The molecule has 0 saturated heterocycles. The molecular formula is C20H20ClN3O3S. The van der Waals surface area contributed by atoms with Crippen LogP contribution in [-0.2, 0) is 11.4 Å². The number of carbonyl (C=O) groups is 1. The van der Waals surface area contributed by atoms with Crippen LogP contribution in [0.2, 0.25) is 5.02 Å². The fourth-order valence-corrected chi connectivity index (χ4v) is 3.15. The van der Waals surface area contributed by atoms with E-state index in [9.17, 15) is 4.79 Å². The number of thioether (sulfide) groups is 1. The summed E-state index contributed by atoms with van der Waals surface area (Å²) in [5, 5.41) is 11.6. The molecular weight excluding hydrogens is 398 g/mol. The minimum absolute atomic E-state index is 0.144. The lowest BCUT2D eigenvalue weighted by molar-refractivity contribution is -0.113.